The van der Waals surface area contributed by atoms with Crippen molar-refractivity contribution in [3.05, 3.63) is 76.1 Å². The molecule has 12 heteroatoms. The number of hydroxylamine groups is 2. The molecule has 3 heterocycles. The summed E-state index contributed by atoms with van der Waals surface area (Å²) < 4.78 is 3.47. The molecule has 1 aliphatic rings. The number of carbonyl (C=O) groups excluding carboxylic acids is 3. The summed E-state index contributed by atoms with van der Waals surface area (Å²) in [6.07, 6.45) is 3.33. The van der Waals surface area contributed by atoms with E-state index < -0.39 is 22.8 Å². The summed E-state index contributed by atoms with van der Waals surface area (Å²) in [5.41, 5.74) is 2.13. The van der Waals surface area contributed by atoms with Crippen LogP contribution in [0.2, 0.25) is 0 Å². The Morgan fingerprint density at radius 1 is 0.949 bits per heavy atom. The van der Waals surface area contributed by atoms with Crippen LogP contribution in [0, 0.1) is 10.1 Å². The van der Waals surface area contributed by atoms with E-state index in [4.69, 9.17) is 9.94 Å². The van der Waals surface area contributed by atoms with Gasteiger partial charge in [0.25, 0.3) is 17.5 Å². The van der Waals surface area contributed by atoms with E-state index in [1.54, 1.807) is 24.0 Å². The van der Waals surface area contributed by atoms with Crippen LogP contribution in [0.25, 0.3) is 33.0 Å². The molecule has 3 amide bonds. The number of benzene rings is 2. The molecule has 200 valence electrons. The Morgan fingerprint density at radius 2 is 1.56 bits per heavy atom. The van der Waals surface area contributed by atoms with Crippen molar-refractivity contribution >= 4 is 56.5 Å². The first kappa shape index (κ1) is 25.7. The average Bonchev–Trinajstić information content (AvgIpc) is 3.51. The fraction of sp³-hybridized carbons (Fsp3) is 0.222. The van der Waals surface area contributed by atoms with E-state index in [-0.39, 0.29) is 30.0 Å². The smallest absolute Gasteiger partial charge is 0.396 e. The predicted octanol–water partition coefficient (Wildman–Crippen LogP) is 3.27. The van der Waals surface area contributed by atoms with Crippen LogP contribution in [-0.2, 0) is 28.5 Å². The minimum Gasteiger partial charge on any atom is -0.396 e. The Hall–Kier alpha value is -4.97. The molecule has 1 aliphatic heterocycles. The van der Waals surface area contributed by atoms with Gasteiger partial charge in [-0.15, -0.1) is 0 Å². The molecule has 0 saturated carbocycles. The highest BCUT2D eigenvalue weighted by Gasteiger charge is 2.44. The molecule has 2 aromatic carbocycles. The SMILES string of the molecule is Cn1cc(C2=C(c3cn(C)c4cc([N+](=O)[O-])ccc34)C(=O)N(OC(=O)NCCCCO)C2=O)c2ccccc21. The van der Waals surface area contributed by atoms with Gasteiger partial charge in [0.1, 0.15) is 0 Å². The Morgan fingerprint density at radius 3 is 2.21 bits per heavy atom. The van der Waals surface area contributed by atoms with Gasteiger partial charge < -0.3 is 24.4 Å². The van der Waals surface area contributed by atoms with Crippen LogP contribution in [0.1, 0.15) is 24.0 Å². The predicted molar refractivity (Wildman–Crippen MR) is 142 cm³/mol. The number of amides is 3. The minimum atomic E-state index is -0.985. The maximum atomic E-state index is 13.8. The van der Waals surface area contributed by atoms with E-state index in [0.717, 1.165) is 10.9 Å². The van der Waals surface area contributed by atoms with Gasteiger partial charge in [-0.1, -0.05) is 23.3 Å². The maximum Gasteiger partial charge on any atom is 0.432 e. The fourth-order valence-electron chi connectivity index (χ4n) is 4.86. The summed E-state index contributed by atoms with van der Waals surface area (Å²) >= 11 is 0. The summed E-state index contributed by atoms with van der Waals surface area (Å²) in [6, 6.07) is 11.6. The molecule has 2 aromatic heterocycles. The molecule has 0 spiro atoms. The number of aromatic nitrogens is 2. The van der Waals surface area contributed by atoms with Crippen molar-refractivity contribution in [2.24, 2.45) is 14.1 Å². The maximum absolute atomic E-state index is 13.8. The number of imide groups is 1. The van der Waals surface area contributed by atoms with Gasteiger partial charge in [0, 0.05) is 79.2 Å². The molecule has 12 nitrogen and oxygen atoms in total. The minimum absolute atomic E-state index is 0.0175. The largest absolute Gasteiger partial charge is 0.432 e. The molecule has 0 saturated heterocycles. The summed E-state index contributed by atoms with van der Waals surface area (Å²) in [4.78, 5) is 56.0. The summed E-state index contributed by atoms with van der Waals surface area (Å²) in [7, 11) is 3.50. The van der Waals surface area contributed by atoms with Gasteiger partial charge in [-0.2, -0.15) is 0 Å². The highest BCUT2D eigenvalue weighted by molar-refractivity contribution is 6.50. The molecule has 4 aromatic rings. The molecule has 0 aliphatic carbocycles. The van der Waals surface area contributed by atoms with Crippen molar-refractivity contribution in [1.29, 1.82) is 0 Å². The fourth-order valence-corrected chi connectivity index (χ4v) is 4.86. The number of aryl methyl sites for hydroxylation is 2. The first-order valence-corrected chi connectivity index (χ1v) is 12.2. The van der Waals surface area contributed by atoms with E-state index in [1.165, 1.54) is 18.2 Å². The molecule has 39 heavy (non-hydrogen) atoms. The molecule has 2 N–H and O–H groups in total. The number of para-hydroxylation sites is 1. The zero-order valence-corrected chi connectivity index (χ0v) is 21.2. The third-order valence-electron chi connectivity index (χ3n) is 6.70. The van der Waals surface area contributed by atoms with E-state index in [2.05, 4.69) is 5.32 Å². The summed E-state index contributed by atoms with van der Waals surface area (Å²) in [5.74, 6) is -1.64. The van der Waals surface area contributed by atoms with Crippen molar-refractivity contribution in [3.63, 3.8) is 0 Å². The van der Waals surface area contributed by atoms with E-state index in [9.17, 15) is 24.5 Å². The molecule has 0 fully saturated rings. The number of rotatable bonds is 8. The first-order valence-electron chi connectivity index (χ1n) is 12.2. The van der Waals surface area contributed by atoms with Crippen molar-refractivity contribution in [2.45, 2.75) is 12.8 Å². The number of nitro groups is 1. The molecular formula is C27H25N5O7. The third kappa shape index (κ3) is 4.40. The molecule has 0 unspecified atom stereocenters. The Labute approximate surface area is 221 Å². The van der Waals surface area contributed by atoms with Crippen LogP contribution in [0.15, 0.2) is 54.9 Å². The van der Waals surface area contributed by atoms with Crippen molar-refractivity contribution in [1.82, 2.24) is 19.5 Å². The number of aliphatic hydroxyl groups excluding tert-OH is 1. The van der Waals surface area contributed by atoms with Gasteiger partial charge in [-0.25, -0.2) is 4.79 Å². The quantitative estimate of drug-likeness (QED) is 0.153. The van der Waals surface area contributed by atoms with Gasteiger partial charge in [0.2, 0.25) is 0 Å². The average molecular weight is 532 g/mol. The lowest BCUT2D eigenvalue weighted by Crippen LogP contribution is -2.38. The number of nitrogens with one attached hydrogen (secondary N) is 1. The summed E-state index contributed by atoms with van der Waals surface area (Å²) in [5, 5.41) is 24.4. The molecule has 0 radical (unpaired) electrons. The molecular weight excluding hydrogens is 506 g/mol. The first-order chi connectivity index (χ1) is 18.7. The topological polar surface area (TPSA) is 149 Å². The Kier molecular flexibility index (Phi) is 6.62. The summed E-state index contributed by atoms with van der Waals surface area (Å²) in [6.45, 7) is 0.157. The lowest BCUT2D eigenvalue weighted by molar-refractivity contribution is -0.384. The zero-order chi connectivity index (χ0) is 27.8. The number of carbonyl (C=O) groups is 3. The van der Waals surface area contributed by atoms with Crippen molar-refractivity contribution < 1.29 is 29.3 Å². The van der Waals surface area contributed by atoms with E-state index in [0.29, 0.717) is 39.9 Å². The van der Waals surface area contributed by atoms with Crippen LogP contribution in [-0.4, -0.2) is 55.3 Å². The number of unbranched alkanes of at least 4 members (excludes halogenated alkanes) is 1. The van der Waals surface area contributed by atoms with Gasteiger partial charge >= 0.3 is 6.09 Å². The number of hydrogen-bond donors (Lipinski definition) is 2. The van der Waals surface area contributed by atoms with Crippen LogP contribution < -0.4 is 5.32 Å². The lowest BCUT2D eigenvalue weighted by atomic mass is 9.95. The number of aliphatic hydroxyl groups is 1. The zero-order valence-electron chi connectivity index (χ0n) is 21.2. The number of fused-ring (bicyclic) bond motifs is 2. The van der Waals surface area contributed by atoms with Gasteiger partial charge in [0.05, 0.1) is 21.6 Å². The Bertz CT molecular complexity index is 1700. The van der Waals surface area contributed by atoms with Crippen LogP contribution in [0.3, 0.4) is 0 Å². The monoisotopic (exact) mass is 531 g/mol. The number of nitro benzene ring substituents is 1. The second kappa shape index (κ2) is 10.1. The van der Waals surface area contributed by atoms with E-state index >= 15 is 0 Å². The molecule has 5 rings (SSSR count). The van der Waals surface area contributed by atoms with E-state index in [1.807, 2.05) is 35.9 Å². The third-order valence-corrected chi connectivity index (χ3v) is 6.70. The van der Waals surface area contributed by atoms with Crippen LogP contribution in [0.5, 0.6) is 0 Å². The van der Waals surface area contributed by atoms with Crippen molar-refractivity contribution in [3.8, 4) is 0 Å². The van der Waals surface area contributed by atoms with Crippen LogP contribution >= 0.6 is 0 Å². The Balaban J connectivity index is 1.65. The van der Waals surface area contributed by atoms with Crippen LogP contribution in [0.4, 0.5) is 10.5 Å². The highest BCUT2D eigenvalue weighted by Crippen LogP contribution is 2.42. The molecule has 0 atom stereocenters. The van der Waals surface area contributed by atoms with Gasteiger partial charge in [-0.05, 0) is 25.0 Å². The number of hydrogen-bond acceptors (Lipinski definition) is 7. The second-order valence-corrected chi connectivity index (χ2v) is 9.17. The van der Waals surface area contributed by atoms with Gasteiger partial charge in [-0.3, -0.25) is 19.7 Å². The number of nitrogens with zero attached hydrogens (tertiary/aromatic N) is 4. The normalized spacial score (nSPS) is 13.7. The number of non-ortho nitro benzene ring substituents is 1. The highest BCUT2D eigenvalue weighted by atomic mass is 16.7. The second-order valence-electron chi connectivity index (χ2n) is 9.17. The molecule has 0 bridgehead atoms. The lowest BCUT2D eigenvalue weighted by Gasteiger charge is -2.14. The standard InChI is InChI=1S/C27H25N5O7/c1-29-14-19(17-7-3-4-8-21(17)29)23-24(20-15-30(2)22-13-16(32(37)38)9-10-18(20)22)26(35)31(25(23)34)39-27(36)28-11-5-6-12-33/h3-4,7-10,13-15,33H,5-6,11-12H2,1-2H3,(H,28,36). The van der Waals surface area contributed by atoms with Gasteiger partial charge in [0.15, 0.2) is 0 Å². The van der Waals surface area contributed by atoms with Crippen molar-refractivity contribution in [2.75, 3.05) is 13.2 Å².